The number of ether oxygens (including phenoxy) is 4. The molecule has 0 aliphatic carbocycles. The molecule has 0 saturated carbocycles. The van der Waals surface area contributed by atoms with Gasteiger partial charge in [-0.05, 0) is 48.5 Å². The van der Waals surface area contributed by atoms with Gasteiger partial charge in [0.2, 0.25) is 5.88 Å². The summed E-state index contributed by atoms with van der Waals surface area (Å²) in [6.45, 7) is 6.46. The van der Waals surface area contributed by atoms with Gasteiger partial charge in [-0.25, -0.2) is 14.6 Å². The highest BCUT2D eigenvalue weighted by atomic mass is 16.5. The van der Waals surface area contributed by atoms with Crippen molar-refractivity contribution in [1.29, 1.82) is 0 Å². The van der Waals surface area contributed by atoms with Crippen LogP contribution in [0.5, 0.6) is 28.9 Å². The summed E-state index contributed by atoms with van der Waals surface area (Å²) in [6.07, 6.45) is 1.47. The van der Waals surface area contributed by atoms with Crippen LogP contribution in [0.4, 0.5) is 0 Å². The third kappa shape index (κ3) is 4.85. The summed E-state index contributed by atoms with van der Waals surface area (Å²) in [6, 6.07) is 21.5. The van der Waals surface area contributed by atoms with Crippen LogP contribution in [0.15, 0.2) is 73.1 Å². The minimum atomic E-state index is -0.124. The van der Waals surface area contributed by atoms with Gasteiger partial charge in [-0.1, -0.05) is 32.9 Å². The monoisotopic (exact) mass is 510 g/mol. The fraction of sp³-hybridized carbons (Fsp3) is 0.233. The van der Waals surface area contributed by atoms with Gasteiger partial charge in [0.25, 0.3) is 0 Å². The highest BCUT2D eigenvalue weighted by Crippen LogP contribution is 2.37. The number of benzene rings is 3. The molecule has 0 amide bonds. The molecular weight excluding hydrogens is 480 g/mol. The van der Waals surface area contributed by atoms with Gasteiger partial charge in [0.15, 0.2) is 11.5 Å². The van der Waals surface area contributed by atoms with Crippen LogP contribution in [0.3, 0.4) is 0 Å². The van der Waals surface area contributed by atoms with E-state index >= 15 is 0 Å². The summed E-state index contributed by atoms with van der Waals surface area (Å²) in [7, 11) is 4.84. The van der Waals surface area contributed by atoms with Gasteiger partial charge in [0.1, 0.15) is 17.8 Å². The lowest BCUT2D eigenvalue weighted by atomic mass is 9.92. The number of rotatable bonds is 7. The molecule has 2 aromatic heterocycles. The predicted molar refractivity (Wildman–Crippen MR) is 147 cm³/mol. The number of nitrogens with zero attached hydrogens (tertiary/aromatic N) is 4. The van der Waals surface area contributed by atoms with Crippen molar-refractivity contribution in [3.05, 3.63) is 78.8 Å². The van der Waals surface area contributed by atoms with E-state index in [2.05, 4.69) is 36.8 Å². The van der Waals surface area contributed by atoms with Crippen LogP contribution in [-0.2, 0) is 5.41 Å². The van der Waals surface area contributed by atoms with Gasteiger partial charge in [-0.15, -0.1) is 0 Å². The maximum absolute atomic E-state index is 6.28. The first-order chi connectivity index (χ1) is 18.3. The lowest BCUT2D eigenvalue weighted by molar-refractivity contribution is 0.355. The molecule has 0 aliphatic rings. The molecule has 0 bridgehead atoms. The lowest BCUT2D eigenvalue weighted by Gasteiger charge is -2.14. The summed E-state index contributed by atoms with van der Waals surface area (Å²) < 4.78 is 24.5. The molecular formula is C30H30N4O4. The van der Waals surface area contributed by atoms with Crippen LogP contribution in [0.1, 0.15) is 26.5 Å². The minimum Gasteiger partial charge on any atom is -0.497 e. The predicted octanol–water partition coefficient (Wildman–Crippen LogP) is 6.60. The third-order valence-electron chi connectivity index (χ3n) is 6.24. The van der Waals surface area contributed by atoms with Crippen LogP contribution >= 0.6 is 0 Å². The molecule has 2 heterocycles. The van der Waals surface area contributed by atoms with Gasteiger partial charge in [0.05, 0.1) is 49.3 Å². The normalized spacial score (nSPS) is 11.4. The molecule has 0 unspecified atom stereocenters. The van der Waals surface area contributed by atoms with E-state index < -0.39 is 0 Å². The smallest absolute Gasteiger partial charge is 0.230 e. The van der Waals surface area contributed by atoms with Crippen molar-refractivity contribution in [3.8, 4) is 45.8 Å². The Hall–Kier alpha value is -4.59. The standard InChI is InChI=1S/C30H30N4O4/c1-30(2,3)28-17-25(34(33-28)20-10-12-21(35-4)13-11-20)19-8-7-9-22(14-19)38-29-23-15-26(36-5)27(37-6)16-24(23)31-18-32-29/h7-18H,1-6H3. The number of hydrogen-bond acceptors (Lipinski definition) is 7. The first-order valence-corrected chi connectivity index (χ1v) is 12.2. The summed E-state index contributed by atoms with van der Waals surface area (Å²) in [5.74, 6) is 3.02. The number of methoxy groups -OCH3 is 3. The highest BCUT2D eigenvalue weighted by molar-refractivity contribution is 5.87. The maximum atomic E-state index is 6.28. The van der Waals surface area contributed by atoms with E-state index in [4.69, 9.17) is 24.0 Å². The summed E-state index contributed by atoms with van der Waals surface area (Å²) in [4.78, 5) is 8.76. The van der Waals surface area contributed by atoms with Crippen LogP contribution < -0.4 is 18.9 Å². The Morgan fingerprint density at radius 2 is 1.47 bits per heavy atom. The molecule has 0 saturated heterocycles. The molecule has 5 aromatic rings. The Balaban J connectivity index is 1.56. The topological polar surface area (TPSA) is 80.5 Å². The van der Waals surface area contributed by atoms with Crippen molar-refractivity contribution in [2.75, 3.05) is 21.3 Å². The van der Waals surface area contributed by atoms with E-state index in [0.717, 1.165) is 28.4 Å². The number of hydrogen-bond donors (Lipinski definition) is 0. The first kappa shape index (κ1) is 25.1. The van der Waals surface area contributed by atoms with Crippen molar-refractivity contribution in [1.82, 2.24) is 19.7 Å². The second kappa shape index (κ2) is 10.0. The van der Waals surface area contributed by atoms with Crippen molar-refractivity contribution >= 4 is 10.9 Å². The third-order valence-corrected chi connectivity index (χ3v) is 6.24. The van der Waals surface area contributed by atoms with Crippen molar-refractivity contribution in [3.63, 3.8) is 0 Å². The fourth-order valence-electron chi connectivity index (χ4n) is 4.14. The fourth-order valence-corrected chi connectivity index (χ4v) is 4.14. The Labute approximate surface area is 221 Å². The molecule has 0 spiro atoms. The largest absolute Gasteiger partial charge is 0.497 e. The molecule has 8 nitrogen and oxygen atoms in total. The number of fused-ring (bicyclic) bond motifs is 1. The van der Waals surface area contributed by atoms with Crippen molar-refractivity contribution in [2.24, 2.45) is 0 Å². The zero-order valence-electron chi connectivity index (χ0n) is 22.4. The molecule has 0 N–H and O–H groups in total. The molecule has 8 heteroatoms. The van der Waals surface area contributed by atoms with Crippen molar-refractivity contribution in [2.45, 2.75) is 26.2 Å². The zero-order valence-corrected chi connectivity index (χ0v) is 22.4. The molecule has 0 atom stereocenters. The van der Waals surface area contributed by atoms with Crippen LogP contribution in [0.25, 0.3) is 27.8 Å². The second-order valence-corrected chi connectivity index (χ2v) is 9.81. The minimum absolute atomic E-state index is 0.124. The SMILES string of the molecule is COc1ccc(-n2nc(C(C)(C)C)cc2-c2cccc(Oc3ncnc4cc(OC)c(OC)cc34)c2)cc1. The Bertz CT molecular complexity index is 1590. The quantitative estimate of drug-likeness (QED) is 0.244. The van der Waals surface area contributed by atoms with Gasteiger partial charge in [0, 0.05) is 17.0 Å². The second-order valence-electron chi connectivity index (χ2n) is 9.81. The van der Waals surface area contributed by atoms with E-state index in [1.165, 1.54) is 6.33 Å². The Morgan fingerprint density at radius 3 is 2.16 bits per heavy atom. The average Bonchev–Trinajstić information content (AvgIpc) is 3.39. The molecule has 0 radical (unpaired) electrons. The Morgan fingerprint density at radius 1 is 0.737 bits per heavy atom. The van der Waals surface area contributed by atoms with Gasteiger partial charge >= 0.3 is 0 Å². The van der Waals surface area contributed by atoms with Gasteiger partial charge in [-0.2, -0.15) is 5.10 Å². The summed E-state index contributed by atoms with van der Waals surface area (Å²) >= 11 is 0. The van der Waals surface area contributed by atoms with Crippen molar-refractivity contribution < 1.29 is 18.9 Å². The first-order valence-electron chi connectivity index (χ1n) is 12.2. The number of aromatic nitrogens is 4. The molecule has 194 valence electrons. The van der Waals surface area contributed by atoms with E-state index in [9.17, 15) is 0 Å². The van der Waals surface area contributed by atoms with E-state index in [1.54, 1.807) is 27.4 Å². The van der Waals surface area contributed by atoms with Gasteiger partial charge < -0.3 is 18.9 Å². The average molecular weight is 511 g/mol. The lowest BCUT2D eigenvalue weighted by Crippen LogP contribution is -2.12. The van der Waals surface area contributed by atoms with E-state index in [-0.39, 0.29) is 5.41 Å². The van der Waals surface area contributed by atoms with Crippen LogP contribution in [0.2, 0.25) is 0 Å². The molecule has 0 fully saturated rings. The van der Waals surface area contributed by atoms with E-state index in [0.29, 0.717) is 34.0 Å². The molecule has 3 aromatic carbocycles. The van der Waals surface area contributed by atoms with E-state index in [1.807, 2.05) is 59.3 Å². The molecule has 0 aliphatic heterocycles. The molecule has 5 rings (SSSR count). The maximum Gasteiger partial charge on any atom is 0.230 e. The summed E-state index contributed by atoms with van der Waals surface area (Å²) in [5.41, 5.74) is 4.39. The zero-order chi connectivity index (χ0) is 26.9. The van der Waals surface area contributed by atoms with Crippen LogP contribution in [-0.4, -0.2) is 41.1 Å². The van der Waals surface area contributed by atoms with Gasteiger partial charge in [-0.3, -0.25) is 0 Å². The summed E-state index contributed by atoms with van der Waals surface area (Å²) in [5, 5.41) is 5.68. The Kier molecular flexibility index (Phi) is 6.63. The van der Waals surface area contributed by atoms with Crippen LogP contribution in [0, 0.1) is 0 Å². The molecule has 38 heavy (non-hydrogen) atoms. The highest BCUT2D eigenvalue weighted by Gasteiger charge is 2.22.